The van der Waals surface area contributed by atoms with Crippen molar-refractivity contribution >= 4 is 11.6 Å². The molecule has 0 saturated carbocycles. The van der Waals surface area contributed by atoms with Crippen LogP contribution in [0.15, 0.2) is 27.9 Å². The Morgan fingerprint density at radius 1 is 1.60 bits per heavy atom. The topological polar surface area (TPSA) is 66.0 Å². The van der Waals surface area contributed by atoms with Gasteiger partial charge in [0, 0.05) is 12.1 Å². The molecule has 0 fully saturated rings. The van der Waals surface area contributed by atoms with Gasteiger partial charge in [-0.25, -0.2) is 0 Å². The van der Waals surface area contributed by atoms with Gasteiger partial charge in [0.1, 0.15) is 0 Å². The standard InChI is InChI=1S/C12H13F3N2O3/c1-2-4-8-7-11(19,12(13,14)15)17(16-8)10(18)9-5-3-6-20-9/h3,5-6,19H,2,4,7H2,1H3. The molecule has 5 nitrogen and oxygen atoms in total. The van der Waals surface area contributed by atoms with Crippen molar-refractivity contribution in [2.24, 2.45) is 5.10 Å². The quantitative estimate of drug-likeness (QED) is 0.930. The molecule has 8 heteroatoms. The summed E-state index contributed by atoms with van der Waals surface area (Å²) in [5.41, 5.74) is -3.19. The number of hydrazone groups is 1. The fourth-order valence-corrected chi connectivity index (χ4v) is 1.98. The van der Waals surface area contributed by atoms with Gasteiger partial charge in [-0.15, -0.1) is 0 Å². The van der Waals surface area contributed by atoms with E-state index in [2.05, 4.69) is 5.10 Å². The molecule has 1 N–H and O–H groups in total. The molecule has 1 aliphatic rings. The number of rotatable bonds is 3. The van der Waals surface area contributed by atoms with Crippen LogP contribution in [-0.4, -0.2) is 33.6 Å². The summed E-state index contributed by atoms with van der Waals surface area (Å²) in [5, 5.41) is 13.6. The fourth-order valence-electron chi connectivity index (χ4n) is 1.98. The number of aliphatic hydroxyl groups is 1. The van der Waals surface area contributed by atoms with Crippen molar-refractivity contribution in [2.45, 2.75) is 38.1 Å². The Bertz CT molecular complexity index is 525. The Morgan fingerprint density at radius 2 is 2.30 bits per heavy atom. The summed E-state index contributed by atoms with van der Waals surface area (Å²) in [6, 6.07) is 2.58. The maximum Gasteiger partial charge on any atom is 0.438 e. The molecule has 0 aromatic carbocycles. The summed E-state index contributed by atoms with van der Waals surface area (Å²) < 4.78 is 44.0. The van der Waals surface area contributed by atoms with E-state index in [-0.39, 0.29) is 22.9 Å². The predicted molar refractivity (Wildman–Crippen MR) is 62.8 cm³/mol. The lowest BCUT2D eigenvalue weighted by atomic mass is 10.0. The number of amides is 1. The molecule has 0 aliphatic carbocycles. The molecule has 1 aromatic heterocycles. The van der Waals surface area contributed by atoms with Crippen LogP contribution in [0.2, 0.25) is 0 Å². The number of carbonyl (C=O) groups excluding carboxylic acids is 1. The molecule has 20 heavy (non-hydrogen) atoms. The van der Waals surface area contributed by atoms with E-state index in [1.165, 1.54) is 12.1 Å². The zero-order chi connectivity index (χ0) is 15.0. The van der Waals surface area contributed by atoms with E-state index in [1.54, 1.807) is 6.92 Å². The van der Waals surface area contributed by atoms with Crippen LogP contribution in [0.25, 0.3) is 0 Å². The van der Waals surface area contributed by atoms with Crippen LogP contribution in [-0.2, 0) is 0 Å². The van der Waals surface area contributed by atoms with Gasteiger partial charge in [-0.05, 0) is 18.6 Å². The first kappa shape index (κ1) is 14.6. The maximum atomic E-state index is 13.1. The van der Waals surface area contributed by atoms with E-state index < -0.39 is 24.2 Å². The first-order valence-electron chi connectivity index (χ1n) is 6.03. The van der Waals surface area contributed by atoms with E-state index in [9.17, 15) is 23.1 Å². The summed E-state index contributed by atoms with van der Waals surface area (Å²) in [4.78, 5) is 12.0. The summed E-state index contributed by atoms with van der Waals surface area (Å²) >= 11 is 0. The second-order valence-corrected chi connectivity index (χ2v) is 4.50. The molecule has 0 bridgehead atoms. The van der Waals surface area contributed by atoms with Crippen LogP contribution in [0.1, 0.15) is 36.7 Å². The molecule has 2 rings (SSSR count). The van der Waals surface area contributed by atoms with Crippen molar-refractivity contribution in [3.63, 3.8) is 0 Å². The lowest BCUT2D eigenvalue weighted by Crippen LogP contribution is -2.56. The van der Waals surface area contributed by atoms with Gasteiger partial charge >= 0.3 is 12.1 Å². The predicted octanol–water partition coefficient (Wildman–Crippen LogP) is 2.53. The molecule has 110 valence electrons. The molecule has 1 unspecified atom stereocenters. The van der Waals surface area contributed by atoms with Gasteiger partial charge in [0.15, 0.2) is 5.76 Å². The van der Waals surface area contributed by atoms with E-state index in [4.69, 9.17) is 4.42 Å². The third kappa shape index (κ3) is 2.31. The van der Waals surface area contributed by atoms with Gasteiger partial charge in [-0.2, -0.15) is 23.3 Å². The zero-order valence-corrected chi connectivity index (χ0v) is 10.6. The number of hydrogen-bond acceptors (Lipinski definition) is 4. The smallest absolute Gasteiger partial charge is 0.438 e. The van der Waals surface area contributed by atoms with E-state index >= 15 is 0 Å². The molecule has 1 aromatic rings. The molecule has 1 amide bonds. The summed E-state index contributed by atoms with van der Waals surface area (Å²) in [5.74, 6) is -1.44. The molecule has 1 aliphatic heterocycles. The number of halogens is 3. The van der Waals surface area contributed by atoms with Crippen LogP contribution in [0.5, 0.6) is 0 Å². The number of nitrogens with zero attached hydrogens (tertiary/aromatic N) is 2. The number of alkyl halides is 3. The molecular weight excluding hydrogens is 277 g/mol. The van der Waals surface area contributed by atoms with Crippen LogP contribution in [0.3, 0.4) is 0 Å². The highest BCUT2D eigenvalue weighted by Crippen LogP contribution is 2.41. The van der Waals surface area contributed by atoms with Gasteiger partial charge in [-0.3, -0.25) is 4.79 Å². The van der Waals surface area contributed by atoms with E-state index in [0.29, 0.717) is 6.42 Å². The minimum atomic E-state index is -5.01. The van der Waals surface area contributed by atoms with Crippen LogP contribution in [0.4, 0.5) is 13.2 Å². The van der Waals surface area contributed by atoms with Crippen molar-refractivity contribution < 1.29 is 27.5 Å². The largest absolute Gasteiger partial charge is 0.459 e. The highest BCUT2D eigenvalue weighted by Gasteiger charge is 2.63. The second-order valence-electron chi connectivity index (χ2n) is 4.50. The lowest BCUT2D eigenvalue weighted by molar-refractivity contribution is -0.297. The van der Waals surface area contributed by atoms with Gasteiger partial charge in [0.25, 0.3) is 5.72 Å². The third-order valence-electron chi connectivity index (χ3n) is 2.96. The molecule has 1 atom stereocenters. The Kier molecular flexibility index (Phi) is 3.59. The number of furan rings is 1. The Morgan fingerprint density at radius 3 is 2.80 bits per heavy atom. The molecular formula is C12H13F3N2O3. The van der Waals surface area contributed by atoms with Gasteiger partial charge < -0.3 is 9.52 Å². The van der Waals surface area contributed by atoms with Crippen LogP contribution in [0, 0.1) is 0 Å². The first-order chi connectivity index (χ1) is 9.29. The van der Waals surface area contributed by atoms with Crippen molar-refractivity contribution in [2.75, 3.05) is 0 Å². The van der Waals surface area contributed by atoms with Crippen molar-refractivity contribution in [3.05, 3.63) is 24.2 Å². The third-order valence-corrected chi connectivity index (χ3v) is 2.96. The van der Waals surface area contributed by atoms with Crippen molar-refractivity contribution in [1.29, 1.82) is 0 Å². The fraction of sp³-hybridized carbons (Fsp3) is 0.500. The Balaban J connectivity index is 2.37. The Labute approximate surface area is 112 Å². The van der Waals surface area contributed by atoms with Crippen molar-refractivity contribution in [3.8, 4) is 0 Å². The van der Waals surface area contributed by atoms with Gasteiger partial charge in [-0.1, -0.05) is 13.3 Å². The lowest BCUT2D eigenvalue weighted by Gasteiger charge is -2.32. The molecule has 0 radical (unpaired) electrons. The highest BCUT2D eigenvalue weighted by molar-refractivity contribution is 5.96. The molecule has 2 heterocycles. The number of carbonyl (C=O) groups is 1. The van der Waals surface area contributed by atoms with E-state index in [1.807, 2.05) is 0 Å². The number of hydrogen-bond donors (Lipinski definition) is 1. The first-order valence-corrected chi connectivity index (χ1v) is 6.03. The summed E-state index contributed by atoms with van der Waals surface area (Å²) in [6.45, 7) is 1.77. The SMILES string of the molecule is CCCC1=NN(C(=O)c2ccco2)C(O)(C(F)(F)F)C1. The molecule has 0 spiro atoms. The Hall–Kier alpha value is -1.83. The monoisotopic (exact) mass is 290 g/mol. The minimum absolute atomic E-state index is 0.0663. The summed E-state index contributed by atoms with van der Waals surface area (Å²) in [7, 11) is 0. The maximum absolute atomic E-state index is 13.1. The minimum Gasteiger partial charge on any atom is -0.459 e. The highest BCUT2D eigenvalue weighted by atomic mass is 19.4. The second kappa shape index (κ2) is 4.93. The van der Waals surface area contributed by atoms with E-state index in [0.717, 1.165) is 6.26 Å². The normalized spacial score (nSPS) is 23.1. The zero-order valence-electron chi connectivity index (χ0n) is 10.6. The van der Waals surface area contributed by atoms with Gasteiger partial charge in [0.2, 0.25) is 0 Å². The summed E-state index contributed by atoms with van der Waals surface area (Å²) in [6.07, 6.45) is -3.74. The average molecular weight is 290 g/mol. The molecule has 0 saturated heterocycles. The average Bonchev–Trinajstić information content (AvgIpc) is 2.96. The van der Waals surface area contributed by atoms with Crippen molar-refractivity contribution in [1.82, 2.24) is 5.01 Å². The van der Waals surface area contributed by atoms with Crippen LogP contribution >= 0.6 is 0 Å². The van der Waals surface area contributed by atoms with Gasteiger partial charge in [0.05, 0.1) is 6.26 Å². The van der Waals surface area contributed by atoms with Crippen LogP contribution < -0.4 is 0 Å².